The first kappa shape index (κ1) is 20.0. The average Bonchev–Trinajstić information content (AvgIpc) is 2.92. The molecule has 1 aliphatic rings. The summed E-state index contributed by atoms with van der Waals surface area (Å²) in [7, 11) is 1.26. The molecule has 0 unspecified atom stereocenters. The molecular formula is C17H28N2O5. The van der Waals surface area contributed by atoms with Gasteiger partial charge in [0.1, 0.15) is 17.3 Å². The van der Waals surface area contributed by atoms with Crippen LogP contribution in [0, 0.1) is 5.92 Å². The van der Waals surface area contributed by atoms with E-state index in [0.717, 1.165) is 0 Å². The predicted octanol–water partition coefficient (Wildman–Crippen LogP) is 2.21. The number of hydrogen-bond acceptors (Lipinski definition) is 5. The molecule has 2 amide bonds. The van der Waals surface area contributed by atoms with Gasteiger partial charge in [-0.1, -0.05) is 19.9 Å². The van der Waals surface area contributed by atoms with Crippen molar-refractivity contribution in [3.63, 3.8) is 0 Å². The molecule has 0 radical (unpaired) electrons. The molecule has 0 bridgehead atoms. The van der Waals surface area contributed by atoms with Crippen LogP contribution < -0.4 is 5.32 Å². The Morgan fingerprint density at radius 1 is 1.25 bits per heavy atom. The number of nitrogens with one attached hydrogen (secondary N) is 1. The number of ether oxygens (including phenoxy) is 2. The third-order valence-corrected chi connectivity index (χ3v) is 3.35. The zero-order chi connectivity index (χ0) is 18.5. The van der Waals surface area contributed by atoms with E-state index in [1.54, 1.807) is 26.8 Å². The number of hydrogen-bond donors (Lipinski definition) is 1. The van der Waals surface area contributed by atoms with Crippen molar-refractivity contribution in [1.29, 1.82) is 0 Å². The number of rotatable bonds is 4. The van der Waals surface area contributed by atoms with Crippen LogP contribution in [0.2, 0.25) is 0 Å². The van der Waals surface area contributed by atoms with Gasteiger partial charge >= 0.3 is 12.1 Å². The molecule has 7 heteroatoms. The summed E-state index contributed by atoms with van der Waals surface area (Å²) in [5, 5.41) is 2.59. The van der Waals surface area contributed by atoms with Crippen LogP contribution in [0.4, 0.5) is 4.79 Å². The van der Waals surface area contributed by atoms with E-state index in [-0.39, 0.29) is 11.6 Å². The summed E-state index contributed by atoms with van der Waals surface area (Å²) >= 11 is 0. The highest BCUT2D eigenvalue weighted by Gasteiger charge is 2.37. The van der Waals surface area contributed by atoms with Crippen LogP contribution in [-0.4, -0.2) is 48.2 Å². The molecule has 1 atom stereocenters. The van der Waals surface area contributed by atoms with Crippen LogP contribution in [0.15, 0.2) is 11.8 Å². The number of likely N-dealkylation sites (tertiary alicyclic amines) is 1. The van der Waals surface area contributed by atoms with Gasteiger partial charge in [-0.3, -0.25) is 9.69 Å². The maximum absolute atomic E-state index is 12.5. The zero-order valence-corrected chi connectivity index (χ0v) is 15.3. The van der Waals surface area contributed by atoms with Gasteiger partial charge in [0.25, 0.3) is 0 Å². The minimum atomic E-state index is -0.653. The van der Waals surface area contributed by atoms with Crippen LogP contribution >= 0.6 is 0 Å². The maximum atomic E-state index is 12.5. The highest BCUT2D eigenvalue weighted by Crippen LogP contribution is 2.21. The lowest BCUT2D eigenvalue weighted by molar-refractivity contribution is -0.138. The third kappa shape index (κ3) is 5.86. The van der Waals surface area contributed by atoms with Gasteiger partial charge in [0.2, 0.25) is 5.91 Å². The Kier molecular flexibility index (Phi) is 6.81. The van der Waals surface area contributed by atoms with E-state index in [9.17, 15) is 14.4 Å². The minimum absolute atomic E-state index is 0.0601. The molecule has 1 N–H and O–H groups in total. The Balaban J connectivity index is 2.84. The molecule has 136 valence electrons. The number of amides is 2. The van der Waals surface area contributed by atoms with Gasteiger partial charge in [-0.05, 0) is 39.5 Å². The van der Waals surface area contributed by atoms with Crippen molar-refractivity contribution in [2.24, 2.45) is 5.92 Å². The molecule has 1 fully saturated rings. The van der Waals surface area contributed by atoms with Crippen molar-refractivity contribution in [1.82, 2.24) is 10.2 Å². The molecule has 0 aliphatic carbocycles. The molecule has 24 heavy (non-hydrogen) atoms. The van der Waals surface area contributed by atoms with Crippen molar-refractivity contribution < 1.29 is 23.9 Å². The fourth-order valence-corrected chi connectivity index (χ4v) is 2.40. The van der Waals surface area contributed by atoms with E-state index < -0.39 is 29.6 Å². The van der Waals surface area contributed by atoms with Crippen LogP contribution in [0.5, 0.6) is 0 Å². The Hall–Kier alpha value is -2.05. The lowest BCUT2D eigenvalue weighted by Crippen LogP contribution is -2.48. The monoisotopic (exact) mass is 340 g/mol. The number of esters is 1. The van der Waals surface area contributed by atoms with Crippen LogP contribution in [0.1, 0.15) is 47.5 Å². The van der Waals surface area contributed by atoms with Crippen molar-refractivity contribution >= 4 is 18.0 Å². The van der Waals surface area contributed by atoms with E-state index in [1.807, 2.05) is 13.8 Å². The largest absolute Gasteiger partial charge is 0.464 e. The maximum Gasteiger partial charge on any atom is 0.410 e. The number of nitrogens with zero attached hydrogens (tertiary/aromatic N) is 1. The lowest BCUT2D eigenvalue weighted by atomic mass is 10.1. The molecule has 7 nitrogen and oxygen atoms in total. The van der Waals surface area contributed by atoms with Gasteiger partial charge in [0.15, 0.2) is 0 Å². The summed E-state index contributed by atoms with van der Waals surface area (Å²) in [6, 6.07) is -0.653. The predicted molar refractivity (Wildman–Crippen MR) is 89.0 cm³/mol. The van der Waals surface area contributed by atoms with Crippen molar-refractivity contribution in [2.45, 2.75) is 59.1 Å². The molecule has 0 aromatic heterocycles. The summed E-state index contributed by atoms with van der Waals surface area (Å²) in [5.41, 5.74) is -0.538. The first-order valence-electron chi connectivity index (χ1n) is 8.15. The van der Waals surface area contributed by atoms with Gasteiger partial charge in [-0.15, -0.1) is 0 Å². The van der Waals surface area contributed by atoms with Gasteiger partial charge < -0.3 is 14.8 Å². The zero-order valence-electron chi connectivity index (χ0n) is 15.3. The summed E-state index contributed by atoms with van der Waals surface area (Å²) < 4.78 is 10.0. The summed E-state index contributed by atoms with van der Waals surface area (Å²) in [5.74, 6) is -0.959. The summed E-state index contributed by atoms with van der Waals surface area (Å²) in [6.07, 6.45) is 2.34. The second kappa shape index (κ2) is 8.17. The van der Waals surface area contributed by atoms with Gasteiger partial charge in [0.05, 0.1) is 7.11 Å². The van der Waals surface area contributed by atoms with Crippen LogP contribution in [0.25, 0.3) is 0 Å². The van der Waals surface area contributed by atoms with E-state index in [0.29, 0.717) is 19.4 Å². The second-order valence-corrected chi connectivity index (χ2v) is 7.14. The molecule has 0 aromatic rings. The normalized spacial score (nSPS) is 18.5. The Bertz CT molecular complexity index is 520. The minimum Gasteiger partial charge on any atom is -0.464 e. The van der Waals surface area contributed by atoms with Gasteiger partial charge in [0, 0.05) is 6.54 Å². The van der Waals surface area contributed by atoms with Crippen molar-refractivity contribution in [2.75, 3.05) is 13.7 Å². The molecule has 1 rings (SSSR count). The molecule has 1 heterocycles. The lowest BCUT2D eigenvalue weighted by Gasteiger charge is -2.28. The standard InChI is InChI=1S/C17H28N2O5/c1-11(2)10-12(15(21)23-6)18-14(20)13-8-7-9-19(13)16(22)24-17(3,4)5/h10-11,13H,7-9H2,1-6H3,(H,18,20)/b12-10-/t13-/m0/s1. The van der Waals surface area contributed by atoms with E-state index >= 15 is 0 Å². The van der Waals surface area contributed by atoms with Crippen LogP contribution in [-0.2, 0) is 19.1 Å². The molecular weight excluding hydrogens is 312 g/mol. The first-order chi connectivity index (χ1) is 11.0. The Morgan fingerprint density at radius 3 is 2.38 bits per heavy atom. The highest BCUT2D eigenvalue weighted by molar-refractivity contribution is 5.96. The smallest absolute Gasteiger partial charge is 0.410 e. The fraction of sp³-hybridized carbons (Fsp3) is 0.706. The average molecular weight is 340 g/mol. The van der Waals surface area contributed by atoms with E-state index in [1.165, 1.54) is 12.0 Å². The van der Waals surface area contributed by atoms with Crippen molar-refractivity contribution in [3.05, 3.63) is 11.8 Å². The van der Waals surface area contributed by atoms with Crippen LogP contribution in [0.3, 0.4) is 0 Å². The fourth-order valence-electron chi connectivity index (χ4n) is 2.40. The number of carbonyl (C=O) groups excluding carboxylic acids is 3. The topological polar surface area (TPSA) is 84.9 Å². The quantitative estimate of drug-likeness (QED) is 0.626. The molecule has 0 spiro atoms. The van der Waals surface area contributed by atoms with Crippen molar-refractivity contribution in [3.8, 4) is 0 Å². The number of allylic oxidation sites excluding steroid dienone is 1. The first-order valence-corrected chi connectivity index (χ1v) is 8.15. The third-order valence-electron chi connectivity index (χ3n) is 3.35. The number of methoxy groups -OCH3 is 1. The highest BCUT2D eigenvalue weighted by atomic mass is 16.6. The molecule has 0 saturated carbocycles. The van der Waals surface area contributed by atoms with E-state index in [4.69, 9.17) is 4.74 Å². The Morgan fingerprint density at radius 2 is 1.88 bits per heavy atom. The van der Waals surface area contributed by atoms with E-state index in [2.05, 4.69) is 10.1 Å². The second-order valence-electron chi connectivity index (χ2n) is 7.14. The molecule has 1 saturated heterocycles. The number of carbonyl (C=O) groups is 3. The Labute approximate surface area is 143 Å². The molecule has 0 aromatic carbocycles. The summed E-state index contributed by atoms with van der Waals surface area (Å²) in [6.45, 7) is 9.55. The van der Waals surface area contributed by atoms with Gasteiger partial charge in [-0.2, -0.15) is 0 Å². The molecule has 1 aliphatic heterocycles. The van der Waals surface area contributed by atoms with Gasteiger partial charge in [-0.25, -0.2) is 9.59 Å². The SMILES string of the molecule is COC(=O)/C(=C/C(C)C)NC(=O)[C@@H]1CCCN1C(=O)OC(C)(C)C. The summed E-state index contributed by atoms with van der Waals surface area (Å²) in [4.78, 5) is 38.0.